The second-order valence-electron chi connectivity index (χ2n) is 31.6. The van der Waals surface area contributed by atoms with Crippen molar-refractivity contribution in [3.63, 3.8) is 0 Å². The molecule has 0 amide bonds. The van der Waals surface area contributed by atoms with E-state index in [2.05, 4.69) is 86.8 Å². The molecule has 2 unspecified atom stereocenters. The zero-order valence-corrected chi connectivity index (χ0v) is 69.5. The number of ether oxygens (including phenoxy) is 2. The minimum Gasteiger partial charge on any atom is -0.462 e. The Labute approximate surface area is 635 Å². The van der Waals surface area contributed by atoms with E-state index < -0.39 is 26.5 Å². The van der Waals surface area contributed by atoms with E-state index in [1.165, 1.54) is 347 Å². The Bertz CT molecular complexity index is 1950. The summed E-state index contributed by atoms with van der Waals surface area (Å²) in [6.07, 6.45) is 114. The summed E-state index contributed by atoms with van der Waals surface area (Å²) >= 11 is 0. The highest BCUT2D eigenvalue weighted by molar-refractivity contribution is 7.47. The highest BCUT2D eigenvalue weighted by atomic mass is 31.2. The molecule has 0 saturated carbocycles. The molecule has 0 rings (SSSR count). The maximum Gasteiger partial charge on any atom is 0.472 e. The topological polar surface area (TPSA) is 108 Å². The molecule has 2 atom stereocenters. The summed E-state index contributed by atoms with van der Waals surface area (Å²) in [5.41, 5.74) is 0. The smallest absolute Gasteiger partial charge is 0.462 e. The molecule has 0 radical (unpaired) electrons. The highest BCUT2D eigenvalue weighted by Gasteiger charge is 2.27. The van der Waals surface area contributed by atoms with Crippen LogP contribution in [0.1, 0.15) is 450 Å². The summed E-state index contributed by atoms with van der Waals surface area (Å²) < 4.78 is 34.9. The number of phosphoric ester groups is 1. The van der Waals surface area contributed by atoms with Gasteiger partial charge in [0.15, 0.2) is 6.10 Å². The van der Waals surface area contributed by atoms with E-state index in [0.717, 1.165) is 70.6 Å². The van der Waals surface area contributed by atoms with E-state index >= 15 is 0 Å². The van der Waals surface area contributed by atoms with Gasteiger partial charge in [-0.3, -0.25) is 18.6 Å². The fourth-order valence-electron chi connectivity index (χ4n) is 13.5. The number of nitrogens with zero attached hydrogens (tertiary/aromatic N) is 1. The molecule has 598 valence electrons. The average molecular weight is 1450 g/mol. The summed E-state index contributed by atoms with van der Waals surface area (Å²) in [5.74, 6) is -0.771. The lowest BCUT2D eigenvalue weighted by molar-refractivity contribution is -0.870. The van der Waals surface area contributed by atoms with Crippen molar-refractivity contribution in [1.29, 1.82) is 0 Å². The number of esters is 2. The van der Waals surface area contributed by atoms with Crippen LogP contribution in [0.5, 0.6) is 0 Å². The number of allylic oxidation sites excluding steroid dienone is 12. The molecule has 1 N–H and O–H groups in total. The van der Waals surface area contributed by atoms with Crippen molar-refractivity contribution in [2.75, 3.05) is 47.5 Å². The van der Waals surface area contributed by atoms with Gasteiger partial charge in [0.25, 0.3) is 0 Å². The lowest BCUT2D eigenvalue weighted by atomic mass is 10.0. The molecular weight excluding hydrogens is 1280 g/mol. The van der Waals surface area contributed by atoms with E-state index in [0.29, 0.717) is 23.9 Å². The molecule has 10 heteroatoms. The second kappa shape index (κ2) is 82.5. The molecule has 102 heavy (non-hydrogen) atoms. The van der Waals surface area contributed by atoms with E-state index in [9.17, 15) is 19.0 Å². The van der Waals surface area contributed by atoms with Crippen LogP contribution in [0.3, 0.4) is 0 Å². The van der Waals surface area contributed by atoms with Crippen molar-refractivity contribution < 1.29 is 42.1 Å². The molecule has 0 fully saturated rings. The van der Waals surface area contributed by atoms with Gasteiger partial charge in [0, 0.05) is 12.8 Å². The van der Waals surface area contributed by atoms with Crippen molar-refractivity contribution in [1.82, 2.24) is 0 Å². The first kappa shape index (κ1) is 99.5. The van der Waals surface area contributed by atoms with Gasteiger partial charge < -0.3 is 18.9 Å². The molecule has 0 aliphatic carbocycles. The predicted octanol–water partition coefficient (Wildman–Crippen LogP) is 30.2. The van der Waals surface area contributed by atoms with Gasteiger partial charge in [0.05, 0.1) is 27.7 Å². The first-order valence-electron chi connectivity index (χ1n) is 44.7. The zero-order chi connectivity index (χ0) is 74.0. The number of unbranched alkanes of at least 4 members (excludes halogenated alkanes) is 58. The van der Waals surface area contributed by atoms with Crippen LogP contribution >= 0.6 is 7.82 Å². The Morgan fingerprint density at radius 1 is 0.314 bits per heavy atom. The summed E-state index contributed by atoms with van der Waals surface area (Å²) in [7, 11) is 1.50. The van der Waals surface area contributed by atoms with Crippen molar-refractivity contribution in [3.05, 3.63) is 72.9 Å². The van der Waals surface area contributed by atoms with E-state index in [1.807, 2.05) is 21.1 Å². The fraction of sp³-hybridized carbons (Fsp3) is 0.848. The first-order chi connectivity index (χ1) is 50.0. The third kappa shape index (κ3) is 86.4. The van der Waals surface area contributed by atoms with Crippen LogP contribution in [-0.4, -0.2) is 74.9 Å². The molecule has 0 heterocycles. The van der Waals surface area contributed by atoms with Crippen molar-refractivity contribution in [2.45, 2.75) is 457 Å². The van der Waals surface area contributed by atoms with Gasteiger partial charge in [-0.1, -0.05) is 446 Å². The number of hydrogen-bond donors (Lipinski definition) is 1. The van der Waals surface area contributed by atoms with Crippen molar-refractivity contribution in [2.24, 2.45) is 0 Å². The third-order valence-electron chi connectivity index (χ3n) is 20.3. The molecule has 0 saturated heterocycles. The summed E-state index contributed by atoms with van der Waals surface area (Å²) in [6.45, 7) is 4.40. The standard InChI is InChI=1S/C92H172NO8P/c1-6-8-10-12-14-16-18-20-22-24-26-28-30-32-34-36-38-40-42-44-45-46-47-49-51-53-55-57-59-61-63-65-67-69-71-73-75-77-79-81-83-85-92(95)101-90(89-100-102(96,97)99-87-86-93(3,4)5)88-98-91(94)84-82-80-78-76-74-72-70-68-66-64-62-60-58-56-54-52-50-48-43-41-39-37-35-33-31-29-27-25-23-21-19-17-15-13-11-9-7-2/h8,10,14,16,20,22,26,28,32,34,38,40,90H,6-7,9,11-13,15,17-19,21,23-25,27,29-31,33,35-37,39,41-89H2,1-5H3/p+1/b10-8-,16-14-,22-20-,28-26-,34-32-,40-38-. The predicted molar refractivity (Wildman–Crippen MR) is 446 cm³/mol. The van der Waals surface area contributed by atoms with Crippen molar-refractivity contribution in [3.8, 4) is 0 Å². The Morgan fingerprint density at radius 3 is 0.833 bits per heavy atom. The lowest BCUT2D eigenvalue weighted by Crippen LogP contribution is -2.37. The number of carbonyl (C=O) groups excluding carboxylic acids is 2. The molecule has 9 nitrogen and oxygen atoms in total. The number of phosphoric acid groups is 1. The Hall–Kier alpha value is -2.55. The summed E-state index contributed by atoms with van der Waals surface area (Å²) in [4.78, 5) is 36.1. The number of likely N-dealkylation sites (N-methyl/N-ethyl adjacent to an activating group) is 1. The van der Waals surface area contributed by atoms with Gasteiger partial charge in [-0.15, -0.1) is 0 Å². The second-order valence-corrected chi connectivity index (χ2v) is 33.1. The van der Waals surface area contributed by atoms with Gasteiger partial charge in [-0.2, -0.15) is 0 Å². The quantitative estimate of drug-likeness (QED) is 0.0211. The maximum atomic E-state index is 12.9. The zero-order valence-electron chi connectivity index (χ0n) is 68.6. The van der Waals surface area contributed by atoms with Crippen LogP contribution in [0.4, 0.5) is 0 Å². The molecule has 0 aliphatic rings. The highest BCUT2D eigenvalue weighted by Crippen LogP contribution is 2.43. The summed E-state index contributed by atoms with van der Waals surface area (Å²) in [5, 5.41) is 0. The minimum atomic E-state index is -4.40. The largest absolute Gasteiger partial charge is 0.472 e. The molecule has 0 aromatic carbocycles. The number of carbonyl (C=O) groups is 2. The van der Waals surface area contributed by atoms with E-state index in [4.69, 9.17) is 18.5 Å². The first-order valence-corrected chi connectivity index (χ1v) is 46.2. The van der Waals surface area contributed by atoms with Gasteiger partial charge >= 0.3 is 19.8 Å². The van der Waals surface area contributed by atoms with Gasteiger partial charge in [0.2, 0.25) is 0 Å². The van der Waals surface area contributed by atoms with Crippen LogP contribution < -0.4 is 0 Å². The summed E-state index contributed by atoms with van der Waals surface area (Å²) in [6, 6.07) is 0. The Kier molecular flexibility index (Phi) is 80.4. The van der Waals surface area contributed by atoms with Crippen LogP contribution in [0.2, 0.25) is 0 Å². The fourth-order valence-corrected chi connectivity index (χ4v) is 14.2. The Morgan fingerprint density at radius 2 is 0.559 bits per heavy atom. The van der Waals surface area contributed by atoms with Gasteiger partial charge in [-0.05, 0) is 64.2 Å². The molecular formula is C92H173NO8P+. The molecule has 0 bridgehead atoms. The molecule has 0 spiro atoms. The van der Waals surface area contributed by atoms with Gasteiger partial charge in [0.1, 0.15) is 19.8 Å². The van der Waals surface area contributed by atoms with E-state index in [1.54, 1.807) is 0 Å². The van der Waals surface area contributed by atoms with Gasteiger partial charge in [-0.25, -0.2) is 4.57 Å². The lowest BCUT2D eigenvalue weighted by Gasteiger charge is -2.24. The van der Waals surface area contributed by atoms with Crippen LogP contribution in [0.25, 0.3) is 0 Å². The normalized spacial score (nSPS) is 13.3. The monoisotopic (exact) mass is 1450 g/mol. The molecule has 0 aromatic heterocycles. The van der Waals surface area contributed by atoms with Crippen LogP contribution in [0, 0.1) is 0 Å². The van der Waals surface area contributed by atoms with Crippen molar-refractivity contribution >= 4 is 19.8 Å². The van der Waals surface area contributed by atoms with E-state index in [-0.39, 0.29) is 25.6 Å². The SMILES string of the molecule is CC/C=C\C/C=C\C/C=C\C/C=C\C/C=C\C/C=C\CCCCCCCCCCCCCCCCCCCCCCCCC(=O)OC(COC(=O)CCCCCCCCCCCCCCCCCCCCCCCCCCCCCCCCCCCCCCC)COP(=O)(O)OCC[N+](C)(C)C. The minimum absolute atomic E-state index is 0.0343. The Balaban J connectivity index is 3.86. The molecule has 0 aliphatic heterocycles. The maximum absolute atomic E-state index is 12.9. The number of rotatable bonds is 84. The third-order valence-corrected chi connectivity index (χ3v) is 21.2. The number of quaternary nitrogens is 1. The average Bonchev–Trinajstić information content (AvgIpc) is 0.916. The molecule has 0 aromatic rings. The van der Waals surface area contributed by atoms with Crippen LogP contribution in [-0.2, 0) is 32.7 Å². The number of hydrogen-bond acceptors (Lipinski definition) is 7. The van der Waals surface area contributed by atoms with Crippen LogP contribution in [0.15, 0.2) is 72.9 Å².